The second-order valence-electron chi connectivity index (χ2n) is 55.5. The van der Waals surface area contributed by atoms with E-state index in [1.54, 1.807) is 69.2 Å². The van der Waals surface area contributed by atoms with Gasteiger partial charge in [-0.2, -0.15) is 5.26 Å². The van der Waals surface area contributed by atoms with Crippen LogP contribution in [-0.4, -0.2) is 198 Å². The summed E-state index contributed by atoms with van der Waals surface area (Å²) in [4.78, 5) is 155. The number of carbonyl (C=O) groups excluding carboxylic acids is 13. The highest BCUT2D eigenvalue weighted by Gasteiger charge is 2.73. The van der Waals surface area contributed by atoms with E-state index < -0.39 is 130 Å². The van der Waals surface area contributed by atoms with Gasteiger partial charge in [0, 0.05) is 61.7 Å². The molecule has 0 radical (unpaired) electrons. The molecule has 149 heavy (non-hydrogen) atoms. The zero-order valence-electron chi connectivity index (χ0n) is 97.4. The van der Waals surface area contributed by atoms with Crippen LogP contribution in [0.5, 0.6) is 0 Å². The molecule has 0 aromatic carbocycles. The van der Waals surface area contributed by atoms with Crippen molar-refractivity contribution in [2.24, 2.45) is 101 Å². The van der Waals surface area contributed by atoms with Crippen LogP contribution in [0.1, 0.15) is 460 Å². The van der Waals surface area contributed by atoms with E-state index in [4.69, 9.17) is 61.6 Å². The number of rotatable bonds is 29. The molecule has 16 aliphatic carbocycles. The molecule has 2 aliphatic heterocycles. The molecule has 0 amide bonds. The van der Waals surface area contributed by atoms with E-state index in [1.165, 1.54) is 57.8 Å². The summed E-state index contributed by atoms with van der Waals surface area (Å²) in [6.07, 6.45) is 29.0. The Morgan fingerprint density at radius 3 is 1.03 bits per heavy atom. The Balaban J connectivity index is 0.000000209. The van der Waals surface area contributed by atoms with E-state index in [0.717, 1.165) is 114 Å². The summed E-state index contributed by atoms with van der Waals surface area (Å²) >= 11 is 0. The maximum Gasteiger partial charge on any atom is 0.348 e. The van der Waals surface area contributed by atoms with Gasteiger partial charge in [-0.1, -0.05) is 61.8 Å². The van der Waals surface area contributed by atoms with Crippen LogP contribution in [0.25, 0.3) is 0 Å². The molecule has 18 fully saturated rings. The Morgan fingerprint density at radius 2 is 0.698 bits per heavy atom. The van der Waals surface area contributed by atoms with Gasteiger partial charge in [0.1, 0.15) is 51.9 Å². The maximum absolute atomic E-state index is 12.4. The fourth-order valence-corrected chi connectivity index (χ4v) is 25.1. The van der Waals surface area contributed by atoms with Gasteiger partial charge >= 0.3 is 77.6 Å². The first-order valence-electron chi connectivity index (χ1n) is 56.1. The van der Waals surface area contributed by atoms with Gasteiger partial charge in [-0.25, -0.2) is 19.2 Å². The number of fused-ring (bicyclic) bond motifs is 2. The monoisotopic (exact) mass is 2100 g/mol. The molecule has 31 heteroatoms. The van der Waals surface area contributed by atoms with Gasteiger partial charge in [0.05, 0.1) is 71.8 Å². The van der Waals surface area contributed by atoms with E-state index in [9.17, 15) is 88.0 Å². The van der Waals surface area contributed by atoms with Crippen molar-refractivity contribution in [3.05, 3.63) is 0 Å². The second-order valence-corrected chi connectivity index (χ2v) is 55.5. The quantitative estimate of drug-likeness (QED) is 0.0399. The van der Waals surface area contributed by atoms with Crippen molar-refractivity contribution < 1.29 is 144 Å². The number of hydrogen-bond acceptors (Lipinski definition) is 31. The van der Waals surface area contributed by atoms with E-state index in [1.807, 2.05) is 138 Å². The topological polar surface area (TPSA) is 447 Å². The molecule has 14 bridgehead atoms. The van der Waals surface area contributed by atoms with Crippen molar-refractivity contribution in [1.82, 2.24) is 0 Å². The normalized spacial score (nSPS) is 32.2. The molecule has 12 atom stereocenters. The van der Waals surface area contributed by atoms with Crippen LogP contribution < -0.4 is 0 Å². The lowest BCUT2D eigenvalue weighted by atomic mass is 9.46. The Kier molecular flexibility index (Phi) is 40.1. The SMILES string of the molecule is CCC(C)(C)C(=O)OC1(C)CCCCC1.CCC(C)(C)C(=O)OC12CC3CC(O)(CC(O)(C3)C1)C2.CCC(C)(C)C(=O)OC12CC3CC(O)(CC(O)(C3)C1)C2.CCC(C)(C)C(=O)OC1C(=O)OC2CCCC21.CCC(C)(C)C(=O)OC1C2CC3C1OC(=O)C3(C#N)C2.CCC(C)(C)C(=O)OCC(=O)OC(C)(C)C.CCC(C)(C)C(=O)OCC(=O)OC(C)(C)C.CCC(C)(C)C(=O)OCC(=O)OC(C)(C)C12CC3CC(CC(C3)C1)C2. The van der Waals surface area contributed by atoms with Crippen LogP contribution >= 0.6 is 0 Å². The highest BCUT2D eigenvalue weighted by Crippen LogP contribution is 2.67. The molecule has 16 saturated carbocycles. The average molecular weight is 2110 g/mol. The number of aliphatic hydroxyl groups is 4. The summed E-state index contributed by atoms with van der Waals surface area (Å²) < 4.78 is 70.0. The van der Waals surface area contributed by atoms with Gasteiger partial charge < -0.3 is 82.0 Å². The number of nitrogens with zero attached hydrogens (tertiary/aromatic N) is 1. The molecule has 850 valence electrons. The van der Waals surface area contributed by atoms with Crippen LogP contribution in [0, 0.1) is 113 Å². The first-order chi connectivity index (χ1) is 68.1. The molecule has 0 spiro atoms. The predicted octanol–water partition coefficient (Wildman–Crippen LogP) is 21.0. The van der Waals surface area contributed by atoms with Crippen LogP contribution in [0.3, 0.4) is 0 Å². The lowest BCUT2D eigenvalue weighted by molar-refractivity contribution is -0.265. The van der Waals surface area contributed by atoms with Gasteiger partial charge in [-0.05, 0) is 389 Å². The number of carbonyl (C=O) groups is 13. The Labute approximate surface area is 890 Å². The molecule has 4 N–H and O–H groups in total. The van der Waals surface area contributed by atoms with E-state index in [2.05, 4.69) is 26.8 Å². The number of ether oxygens (including phenoxy) is 13. The summed E-state index contributed by atoms with van der Waals surface area (Å²) in [5.74, 6) is -1.26. The number of hydrogen-bond donors (Lipinski definition) is 4. The van der Waals surface area contributed by atoms with Crippen LogP contribution in [0.4, 0.5) is 0 Å². The predicted molar refractivity (Wildman–Crippen MR) is 556 cm³/mol. The molecule has 2 heterocycles. The minimum atomic E-state index is -0.974. The van der Waals surface area contributed by atoms with Crippen molar-refractivity contribution in [3.63, 3.8) is 0 Å². The standard InChI is InChI=1S/C21H34O4.2C16H26O4.C15H19NO4.C13H20O4.C13H24O2.2C12H22O4/c1-6-19(2,3)18(23)24-13-17(22)25-20(4,5)21-10-14-7-15(11-21)9-16(8-14)12-21;2*1-4-13(2,3)12(17)20-16-7-11-5-14(18,9-16)8-15(19,6-11)10-16;1-4-14(2,3)12(17)19-10-8-5-9-11(10)20-13(18)15(9,6-8)7-16;1-4-13(2,3)12(15)17-10-8-6-5-7-9(8)16-11(10)14;1-5-12(2,3)11(14)15-13(4)9-7-6-8-10-13;2*1-7-12(5,6)10(14)15-8-9(13)16-11(2,3)4/h14-16H,6-13H2,1-5H3;2*11,18-19H,4-10H2,1-3H3;8-11H,4-6H2,1-3H3;8-10H,4-7H2,1-3H3;5-10H2,1-4H3;2*7-8H2,1-6H3. The molecule has 18 rings (SSSR count). The van der Waals surface area contributed by atoms with Crippen molar-refractivity contribution in [2.45, 2.75) is 540 Å². The van der Waals surface area contributed by atoms with Crippen LogP contribution in [-0.2, 0) is 124 Å². The number of nitriles is 1. The Bertz CT molecular complexity index is 4550. The summed E-state index contributed by atoms with van der Waals surface area (Å²) in [5, 5.41) is 51.9. The molecule has 31 nitrogen and oxygen atoms in total. The van der Waals surface area contributed by atoms with E-state index in [-0.39, 0.29) is 132 Å². The lowest BCUT2D eigenvalue weighted by Crippen LogP contribution is -2.67. The first-order valence-corrected chi connectivity index (χ1v) is 56.1. The van der Waals surface area contributed by atoms with Gasteiger partial charge in [0.15, 0.2) is 25.2 Å². The van der Waals surface area contributed by atoms with Gasteiger partial charge in [0.25, 0.3) is 0 Å². The van der Waals surface area contributed by atoms with Crippen molar-refractivity contribution >= 4 is 77.6 Å². The van der Waals surface area contributed by atoms with Gasteiger partial charge in [-0.15, -0.1) is 0 Å². The van der Waals surface area contributed by atoms with Crippen molar-refractivity contribution in [1.29, 1.82) is 5.26 Å². The Morgan fingerprint density at radius 1 is 0.369 bits per heavy atom. The smallest absolute Gasteiger partial charge is 0.348 e. The van der Waals surface area contributed by atoms with E-state index in [0.29, 0.717) is 77.0 Å². The van der Waals surface area contributed by atoms with Crippen LogP contribution in [0.2, 0.25) is 0 Å². The second kappa shape index (κ2) is 47.2. The summed E-state index contributed by atoms with van der Waals surface area (Å²) in [5.41, 5.74) is -11.4. The Hall–Kier alpha value is -7.56. The average Bonchev–Trinajstić information content (AvgIpc) is 1.61. The summed E-state index contributed by atoms with van der Waals surface area (Å²) in [7, 11) is 0. The third-order valence-corrected chi connectivity index (χ3v) is 36.4. The molecular formula is C118H193NO30. The lowest BCUT2D eigenvalue weighted by Gasteiger charge is -2.62. The molecular weight excluding hydrogens is 1910 g/mol. The summed E-state index contributed by atoms with van der Waals surface area (Å²) in [6, 6.07) is 2.15. The third-order valence-electron chi connectivity index (χ3n) is 36.4. The highest BCUT2D eigenvalue weighted by molar-refractivity contribution is 5.86. The summed E-state index contributed by atoms with van der Waals surface area (Å²) in [6.45, 7) is 61.1. The van der Waals surface area contributed by atoms with Crippen molar-refractivity contribution in [2.75, 3.05) is 19.8 Å². The molecule has 0 aromatic heterocycles. The first kappa shape index (κ1) is 127. The molecule has 0 aromatic rings. The van der Waals surface area contributed by atoms with Gasteiger partial charge in [-0.3, -0.25) is 43.2 Å². The minimum absolute atomic E-state index is 0.0231. The minimum Gasteiger partial charge on any atom is -0.459 e. The molecule has 18 aliphatic rings. The van der Waals surface area contributed by atoms with E-state index >= 15 is 0 Å². The van der Waals surface area contributed by atoms with Crippen LogP contribution in [0.15, 0.2) is 0 Å². The maximum atomic E-state index is 12.4. The highest BCUT2D eigenvalue weighted by atomic mass is 16.6. The zero-order chi connectivity index (χ0) is 113. The number of esters is 13. The molecule has 12 unspecified atom stereocenters. The van der Waals surface area contributed by atoms with Crippen molar-refractivity contribution in [3.8, 4) is 6.07 Å². The van der Waals surface area contributed by atoms with Gasteiger partial charge in [0.2, 0.25) is 6.10 Å². The molecule has 2 saturated heterocycles. The third kappa shape index (κ3) is 31.7. The zero-order valence-corrected chi connectivity index (χ0v) is 97.4. The largest absolute Gasteiger partial charge is 0.459 e. The fraction of sp³-hybridized carbons (Fsp3) is 0.881. The fourth-order valence-electron chi connectivity index (χ4n) is 25.1.